The fraction of sp³-hybridized carbons (Fsp3) is 0.188. The van der Waals surface area contributed by atoms with Crippen molar-refractivity contribution in [3.8, 4) is 22.6 Å². The number of Topliss-reactive ketones (excluding diaryl/α,β-unsaturated/α-hetero) is 1. The lowest BCUT2D eigenvalue weighted by atomic mass is 9.97. The molecule has 0 saturated carbocycles. The molecule has 3 heteroatoms. The summed E-state index contributed by atoms with van der Waals surface area (Å²) in [5, 5.41) is 0. The normalized spacial score (nSPS) is 10.1. The van der Waals surface area contributed by atoms with E-state index in [-0.39, 0.29) is 5.78 Å². The average Bonchev–Trinajstić information content (AvgIpc) is 2.46. The lowest BCUT2D eigenvalue weighted by molar-refractivity contribution is 0.101. The van der Waals surface area contributed by atoms with Crippen LogP contribution in [0.3, 0.4) is 0 Å². The first-order valence-corrected chi connectivity index (χ1v) is 5.99. The van der Waals surface area contributed by atoms with E-state index < -0.39 is 0 Å². The van der Waals surface area contributed by atoms with Gasteiger partial charge < -0.3 is 9.47 Å². The molecule has 98 valence electrons. The third-order valence-electron chi connectivity index (χ3n) is 3.01. The van der Waals surface area contributed by atoms with Crippen LogP contribution < -0.4 is 9.47 Å². The summed E-state index contributed by atoms with van der Waals surface area (Å²) in [6, 6.07) is 13.1. The zero-order chi connectivity index (χ0) is 13.8. The smallest absolute Gasteiger partial charge is 0.160 e. The van der Waals surface area contributed by atoms with Gasteiger partial charge in [-0.1, -0.05) is 12.1 Å². The van der Waals surface area contributed by atoms with Gasteiger partial charge in [-0.2, -0.15) is 0 Å². The standard InChI is InChI=1S/C16H16O3/c1-11(17)15-9-8-14(19-3)10-16(15)12-4-6-13(18-2)7-5-12/h4-10H,1-3H3. The Bertz CT molecular complexity index is 585. The zero-order valence-corrected chi connectivity index (χ0v) is 11.3. The number of hydrogen-bond acceptors (Lipinski definition) is 3. The van der Waals surface area contributed by atoms with Crippen LogP contribution in [0.2, 0.25) is 0 Å². The Hall–Kier alpha value is -2.29. The van der Waals surface area contributed by atoms with E-state index in [2.05, 4.69) is 0 Å². The van der Waals surface area contributed by atoms with Crippen molar-refractivity contribution in [3.63, 3.8) is 0 Å². The van der Waals surface area contributed by atoms with Gasteiger partial charge in [0.1, 0.15) is 11.5 Å². The molecule has 2 rings (SSSR count). The molecule has 0 bridgehead atoms. The maximum Gasteiger partial charge on any atom is 0.160 e. The summed E-state index contributed by atoms with van der Waals surface area (Å²) in [5.74, 6) is 1.56. The molecule has 19 heavy (non-hydrogen) atoms. The minimum Gasteiger partial charge on any atom is -0.497 e. The fourth-order valence-electron chi connectivity index (χ4n) is 1.97. The van der Waals surface area contributed by atoms with Crippen molar-refractivity contribution in [2.24, 2.45) is 0 Å². The Labute approximate surface area is 112 Å². The second-order valence-electron chi connectivity index (χ2n) is 4.20. The molecule has 0 unspecified atom stereocenters. The molecule has 0 N–H and O–H groups in total. The summed E-state index contributed by atoms with van der Waals surface area (Å²) < 4.78 is 10.4. The van der Waals surface area contributed by atoms with Crippen molar-refractivity contribution in [2.45, 2.75) is 6.92 Å². The molecule has 0 spiro atoms. The molecule has 2 aromatic carbocycles. The Kier molecular flexibility index (Phi) is 3.85. The molecule has 0 aliphatic carbocycles. The first-order chi connectivity index (χ1) is 9.15. The Balaban J connectivity index is 2.54. The van der Waals surface area contributed by atoms with E-state index in [9.17, 15) is 4.79 Å². The molecule has 0 saturated heterocycles. The van der Waals surface area contributed by atoms with Gasteiger partial charge in [-0.15, -0.1) is 0 Å². The van der Waals surface area contributed by atoms with Crippen LogP contribution in [0.4, 0.5) is 0 Å². The zero-order valence-electron chi connectivity index (χ0n) is 11.3. The predicted molar refractivity (Wildman–Crippen MR) is 75.0 cm³/mol. The van der Waals surface area contributed by atoms with Gasteiger partial charge in [-0.25, -0.2) is 0 Å². The van der Waals surface area contributed by atoms with Crippen molar-refractivity contribution in [3.05, 3.63) is 48.0 Å². The average molecular weight is 256 g/mol. The monoisotopic (exact) mass is 256 g/mol. The number of benzene rings is 2. The van der Waals surface area contributed by atoms with Crippen molar-refractivity contribution in [1.29, 1.82) is 0 Å². The van der Waals surface area contributed by atoms with Gasteiger partial charge >= 0.3 is 0 Å². The van der Waals surface area contributed by atoms with Crippen molar-refractivity contribution in [2.75, 3.05) is 14.2 Å². The van der Waals surface area contributed by atoms with Crippen LogP contribution in [0.5, 0.6) is 11.5 Å². The van der Waals surface area contributed by atoms with Crippen LogP contribution in [-0.4, -0.2) is 20.0 Å². The molecular weight excluding hydrogens is 240 g/mol. The van der Waals surface area contributed by atoms with E-state index in [0.717, 1.165) is 22.6 Å². The highest BCUT2D eigenvalue weighted by Gasteiger charge is 2.10. The number of carbonyl (C=O) groups excluding carboxylic acids is 1. The topological polar surface area (TPSA) is 35.5 Å². The van der Waals surface area contributed by atoms with Gasteiger partial charge in [0.2, 0.25) is 0 Å². The first kappa shape index (κ1) is 13.1. The number of rotatable bonds is 4. The second-order valence-corrected chi connectivity index (χ2v) is 4.20. The third-order valence-corrected chi connectivity index (χ3v) is 3.01. The lowest BCUT2D eigenvalue weighted by Gasteiger charge is -2.10. The van der Waals surface area contributed by atoms with E-state index in [1.54, 1.807) is 33.3 Å². The predicted octanol–water partition coefficient (Wildman–Crippen LogP) is 3.57. The van der Waals surface area contributed by atoms with Gasteiger partial charge in [0.15, 0.2) is 5.78 Å². The Morgan fingerprint density at radius 2 is 1.47 bits per heavy atom. The summed E-state index contributed by atoms with van der Waals surface area (Å²) in [4.78, 5) is 11.7. The number of hydrogen-bond donors (Lipinski definition) is 0. The molecule has 0 fully saturated rings. The maximum absolute atomic E-state index is 11.7. The first-order valence-electron chi connectivity index (χ1n) is 5.99. The Morgan fingerprint density at radius 1 is 0.895 bits per heavy atom. The molecule has 3 nitrogen and oxygen atoms in total. The molecule has 0 radical (unpaired) electrons. The van der Waals surface area contributed by atoms with Crippen molar-refractivity contribution >= 4 is 5.78 Å². The number of ketones is 1. The Morgan fingerprint density at radius 3 is 2.00 bits per heavy atom. The third kappa shape index (κ3) is 2.76. The lowest BCUT2D eigenvalue weighted by Crippen LogP contribution is -1.97. The molecule has 0 amide bonds. The largest absolute Gasteiger partial charge is 0.497 e. The van der Waals surface area contributed by atoms with Crippen molar-refractivity contribution < 1.29 is 14.3 Å². The SMILES string of the molecule is COc1ccc(-c2cc(OC)ccc2C(C)=O)cc1. The van der Waals surface area contributed by atoms with Crippen LogP contribution in [0.1, 0.15) is 17.3 Å². The highest BCUT2D eigenvalue weighted by molar-refractivity contribution is 6.01. The number of methoxy groups -OCH3 is 2. The van der Waals surface area contributed by atoms with Crippen LogP contribution in [0.25, 0.3) is 11.1 Å². The van der Waals surface area contributed by atoms with Gasteiger partial charge in [0.05, 0.1) is 14.2 Å². The molecule has 0 aromatic heterocycles. The molecular formula is C16H16O3. The number of carbonyl (C=O) groups is 1. The molecule has 0 aliphatic heterocycles. The molecule has 0 heterocycles. The van der Waals surface area contributed by atoms with E-state index in [0.29, 0.717) is 5.56 Å². The van der Waals surface area contributed by atoms with Gasteiger partial charge in [-0.05, 0) is 48.4 Å². The summed E-state index contributed by atoms with van der Waals surface area (Å²) in [6.45, 7) is 1.56. The van der Waals surface area contributed by atoms with Crippen molar-refractivity contribution in [1.82, 2.24) is 0 Å². The van der Waals surface area contributed by atoms with Crippen LogP contribution in [-0.2, 0) is 0 Å². The van der Waals surface area contributed by atoms with Crippen LogP contribution >= 0.6 is 0 Å². The number of ether oxygens (including phenoxy) is 2. The van der Waals surface area contributed by atoms with Gasteiger partial charge in [0.25, 0.3) is 0 Å². The quantitative estimate of drug-likeness (QED) is 0.784. The second kappa shape index (κ2) is 5.57. The van der Waals surface area contributed by atoms with Gasteiger partial charge in [-0.3, -0.25) is 4.79 Å². The maximum atomic E-state index is 11.7. The van der Waals surface area contributed by atoms with Gasteiger partial charge in [0, 0.05) is 5.56 Å². The minimum absolute atomic E-state index is 0.0356. The molecule has 0 aliphatic rings. The fourth-order valence-corrected chi connectivity index (χ4v) is 1.97. The summed E-state index contributed by atoms with van der Waals surface area (Å²) in [6.07, 6.45) is 0. The highest BCUT2D eigenvalue weighted by Crippen LogP contribution is 2.29. The van der Waals surface area contributed by atoms with E-state index in [1.165, 1.54) is 0 Å². The summed E-state index contributed by atoms with van der Waals surface area (Å²) in [5.41, 5.74) is 2.52. The molecule has 0 atom stereocenters. The minimum atomic E-state index is 0.0356. The highest BCUT2D eigenvalue weighted by atomic mass is 16.5. The van der Waals surface area contributed by atoms with E-state index in [4.69, 9.17) is 9.47 Å². The molecule has 2 aromatic rings. The van der Waals surface area contributed by atoms with Crippen LogP contribution in [0.15, 0.2) is 42.5 Å². The van der Waals surface area contributed by atoms with E-state index in [1.807, 2.05) is 30.3 Å². The summed E-state index contributed by atoms with van der Waals surface area (Å²) in [7, 11) is 3.24. The summed E-state index contributed by atoms with van der Waals surface area (Å²) >= 11 is 0. The van der Waals surface area contributed by atoms with Crippen LogP contribution in [0, 0.1) is 0 Å². The van der Waals surface area contributed by atoms with E-state index >= 15 is 0 Å².